The molecule has 1 saturated carbocycles. The third-order valence-electron chi connectivity index (χ3n) is 4.49. The van der Waals surface area contributed by atoms with Crippen LogP contribution in [0.15, 0.2) is 40.0 Å². The molecule has 7 nitrogen and oxygen atoms in total. The molecule has 2 fully saturated rings. The number of anilines is 1. The van der Waals surface area contributed by atoms with Gasteiger partial charge in [-0.05, 0) is 30.9 Å². The van der Waals surface area contributed by atoms with Crippen LogP contribution in [0, 0.1) is 0 Å². The smallest absolute Gasteiger partial charge is 0.297 e. The number of para-hydroxylation sites is 1. The van der Waals surface area contributed by atoms with Gasteiger partial charge in [-0.3, -0.25) is 9.52 Å². The molecule has 0 bridgehead atoms. The maximum absolute atomic E-state index is 12.6. The Hall–Kier alpha value is -2.35. The summed E-state index contributed by atoms with van der Waals surface area (Å²) in [5.74, 6) is 0.829. The SMILES string of the molecule is O=C1CCCN1Cc1ccccc1NS(=O)(=O)c1cnc(C2CC2)o1. The molecule has 1 aliphatic carbocycles. The summed E-state index contributed by atoms with van der Waals surface area (Å²) >= 11 is 0. The van der Waals surface area contributed by atoms with Crippen LogP contribution < -0.4 is 4.72 Å². The number of carbonyl (C=O) groups excluding carboxylic acids is 1. The molecule has 1 N–H and O–H groups in total. The quantitative estimate of drug-likeness (QED) is 0.853. The van der Waals surface area contributed by atoms with E-state index in [9.17, 15) is 13.2 Å². The lowest BCUT2D eigenvalue weighted by Gasteiger charge is -2.18. The molecular formula is C17H19N3O4S. The van der Waals surface area contributed by atoms with Crippen molar-refractivity contribution in [2.45, 2.75) is 43.2 Å². The summed E-state index contributed by atoms with van der Waals surface area (Å²) in [6.45, 7) is 1.09. The maximum atomic E-state index is 12.6. The van der Waals surface area contributed by atoms with Crippen molar-refractivity contribution < 1.29 is 17.6 Å². The van der Waals surface area contributed by atoms with Crippen molar-refractivity contribution in [2.75, 3.05) is 11.3 Å². The number of sulfonamides is 1. The molecule has 2 aliphatic rings. The summed E-state index contributed by atoms with van der Waals surface area (Å²) in [6, 6.07) is 7.08. The van der Waals surface area contributed by atoms with Crippen LogP contribution in [0.4, 0.5) is 5.69 Å². The fraction of sp³-hybridized carbons (Fsp3) is 0.412. The Bertz CT molecular complexity index is 902. The summed E-state index contributed by atoms with van der Waals surface area (Å²) in [4.78, 5) is 17.6. The number of nitrogens with zero attached hydrogens (tertiary/aromatic N) is 2. The minimum atomic E-state index is -3.85. The Labute approximate surface area is 146 Å². The summed E-state index contributed by atoms with van der Waals surface area (Å²) in [5, 5.41) is -0.179. The second-order valence-corrected chi connectivity index (χ2v) is 8.09. The van der Waals surface area contributed by atoms with Crippen LogP contribution >= 0.6 is 0 Å². The normalized spacial score (nSPS) is 17.9. The molecule has 1 aromatic carbocycles. The van der Waals surface area contributed by atoms with E-state index in [4.69, 9.17) is 4.42 Å². The Balaban J connectivity index is 1.55. The Morgan fingerprint density at radius 2 is 2.08 bits per heavy atom. The molecule has 8 heteroatoms. The third kappa shape index (κ3) is 3.39. The van der Waals surface area contributed by atoms with Crippen molar-refractivity contribution in [3.05, 3.63) is 41.9 Å². The first-order valence-corrected chi connectivity index (χ1v) is 9.85. The standard InChI is InChI=1S/C17H19N3O4S/c21-15-6-3-9-20(15)11-13-4-1-2-5-14(13)19-25(22,23)16-10-18-17(24-16)12-7-8-12/h1-2,4-5,10,12,19H,3,6-9,11H2. The van der Waals surface area contributed by atoms with Crippen LogP contribution in [0.3, 0.4) is 0 Å². The molecule has 4 rings (SSSR count). The number of nitrogens with one attached hydrogen (secondary N) is 1. The highest BCUT2D eigenvalue weighted by molar-refractivity contribution is 7.92. The molecule has 0 radical (unpaired) electrons. The van der Waals surface area contributed by atoms with Gasteiger partial charge in [0, 0.05) is 25.4 Å². The third-order valence-corrected chi connectivity index (χ3v) is 5.70. The maximum Gasteiger partial charge on any atom is 0.297 e. The molecule has 1 aliphatic heterocycles. The number of benzene rings is 1. The van der Waals surface area contributed by atoms with E-state index in [-0.39, 0.29) is 16.9 Å². The number of likely N-dealkylation sites (tertiary alicyclic amines) is 1. The predicted molar refractivity (Wildman–Crippen MR) is 90.4 cm³/mol. The summed E-state index contributed by atoms with van der Waals surface area (Å²) in [6.07, 6.45) is 4.62. The van der Waals surface area contributed by atoms with Crippen molar-refractivity contribution in [2.24, 2.45) is 0 Å². The van der Waals surface area contributed by atoms with Crippen LogP contribution in [0.5, 0.6) is 0 Å². The largest absolute Gasteiger partial charge is 0.427 e. The van der Waals surface area contributed by atoms with E-state index in [2.05, 4.69) is 9.71 Å². The number of amides is 1. The van der Waals surface area contributed by atoms with Gasteiger partial charge in [-0.25, -0.2) is 4.98 Å². The van der Waals surface area contributed by atoms with Gasteiger partial charge in [0.15, 0.2) is 5.89 Å². The van der Waals surface area contributed by atoms with Gasteiger partial charge in [-0.1, -0.05) is 18.2 Å². The van der Waals surface area contributed by atoms with E-state index in [0.717, 1.165) is 24.8 Å². The van der Waals surface area contributed by atoms with Gasteiger partial charge in [0.1, 0.15) is 0 Å². The minimum Gasteiger partial charge on any atom is -0.427 e. The van der Waals surface area contributed by atoms with Crippen LogP contribution in [-0.2, 0) is 21.4 Å². The molecule has 25 heavy (non-hydrogen) atoms. The number of rotatable bonds is 6. The van der Waals surface area contributed by atoms with Gasteiger partial charge in [-0.2, -0.15) is 8.42 Å². The molecule has 0 unspecified atom stereocenters. The van der Waals surface area contributed by atoms with E-state index >= 15 is 0 Å². The predicted octanol–water partition coefficient (Wildman–Crippen LogP) is 2.48. The Morgan fingerprint density at radius 1 is 1.28 bits per heavy atom. The van der Waals surface area contributed by atoms with Crippen molar-refractivity contribution in [3.63, 3.8) is 0 Å². The van der Waals surface area contributed by atoms with E-state index in [1.54, 1.807) is 17.0 Å². The molecular weight excluding hydrogens is 342 g/mol. The van der Waals surface area contributed by atoms with E-state index < -0.39 is 10.0 Å². The first-order valence-electron chi connectivity index (χ1n) is 8.37. The van der Waals surface area contributed by atoms with Crippen LogP contribution in [0.1, 0.15) is 43.1 Å². The fourth-order valence-corrected chi connectivity index (χ4v) is 3.92. The van der Waals surface area contributed by atoms with Crippen molar-refractivity contribution in [1.29, 1.82) is 0 Å². The average Bonchev–Trinajstić information content (AvgIpc) is 3.16. The molecule has 1 amide bonds. The molecule has 2 heterocycles. The number of oxazole rings is 1. The van der Waals surface area contributed by atoms with E-state index in [1.807, 2.05) is 12.1 Å². The van der Waals surface area contributed by atoms with E-state index in [0.29, 0.717) is 31.1 Å². The van der Waals surface area contributed by atoms with Gasteiger partial charge < -0.3 is 9.32 Å². The lowest BCUT2D eigenvalue weighted by atomic mass is 10.2. The van der Waals surface area contributed by atoms with Gasteiger partial charge in [0.05, 0.1) is 11.9 Å². The number of hydrogen-bond acceptors (Lipinski definition) is 5. The van der Waals surface area contributed by atoms with Crippen molar-refractivity contribution in [3.8, 4) is 0 Å². The summed E-state index contributed by atoms with van der Waals surface area (Å²) in [5.41, 5.74) is 1.20. The molecule has 0 spiro atoms. The molecule has 0 atom stereocenters. The molecule has 132 valence electrons. The lowest BCUT2D eigenvalue weighted by Crippen LogP contribution is -2.25. The summed E-state index contributed by atoms with van der Waals surface area (Å²) < 4.78 is 33.1. The van der Waals surface area contributed by atoms with E-state index in [1.165, 1.54) is 6.20 Å². The first kappa shape index (κ1) is 16.1. The topological polar surface area (TPSA) is 92.5 Å². The van der Waals surface area contributed by atoms with Gasteiger partial charge in [0.25, 0.3) is 15.1 Å². The Morgan fingerprint density at radius 3 is 2.80 bits per heavy atom. The zero-order valence-corrected chi connectivity index (χ0v) is 14.5. The van der Waals surface area contributed by atoms with Gasteiger partial charge in [0.2, 0.25) is 5.91 Å². The molecule has 1 aromatic heterocycles. The zero-order valence-electron chi connectivity index (χ0n) is 13.6. The van der Waals surface area contributed by atoms with Crippen molar-refractivity contribution >= 4 is 21.6 Å². The fourth-order valence-electron chi connectivity index (χ4n) is 2.94. The second-order valence-electron chi connectivity index (χ2n) is 6.47. The van der Waals surface area contributed by atoms with Gasteiger partial charge >= 0.3 is 0 Å². The zero-order chi connectivity index (χ0) is 17.4. The van der Waals surface area contributed by atoms with Crippen LogP contribution in [0.25, 0.3) is 0 Å². The molecule has 1 saturated heterocycles. The number of carbonyl (C=O) groups is 1. The minimum absolute atomic E-state index is 0.0990. The average molecular weight is 361 g/mol. The van der Waals surface area contributed by atoms with Crippen molar-refractivity contribution in [1.82, 2.24) is 9.88 Å². The summed E-state index contributed by atoms with van der Waals surface area (Å²) in [7, 11) is -3.85. The van der Waals surface area contributed by atoms with Crippen LogP contribution in [-0.4, -0.2) is 30.8 Å². The lowest BCUT2D eigenvalue weighted by molar-refractivity contribution is -0.128. The molecule has 2 aromatic rings. The highest BCUT2D eigenvalue weighted by atomic mass is 32.2. The van der Waals surface area contributed by atoms with Crippen LogP contribution in [0.2, 0.25) is 0 Å². The highest BCUT2D eigenvalue weighted by Crippen LogP contribution is 2.40. The highest BCUT2D eigenvalue weighted by Gasteiger charge is 2.31. The number of hydrogen-bond donors (Lipinski definition) is 1. The second kappa shape index (κ2) is 6.18. The van der Waals surface area contributed by atoms with Gasteiger partial charge in [-0.15, -0.1) is 0 Å². The Kier molecular flexibility index (Phi) is 3.99. The monoisotopic (exact) mass is 361 g/mol. The first-order chi connectivity index (χ1) is 12.0. The number of aromatic nitrogens is 1.